The molecule has 5 heteroatoms. The van der Waals surface area contributed by atoms with Crippen LogP contribution < -0.4 is 15.9 Å². The molecule has 1 unspecified atom stereocenters. The molecule has 0 bridgehead atoms. The lowest BCUT2D eigenvalue weighted by molar-refractivity contribution is -0.140. The third-order valence-corrected chi connectivity index (χ3v) is 12.6. The zero-order valence-electron chi connectivity index (χ0n) is 16.2. The van der Waals surface area contributed by atoms with Crippen molar-refractivity contribution in [3.05, 3.63) is 91.0 Å². The van der Waals surface area contributed by atoms with Gasteiger partial charge in [0.2, 0.25) is 9.97 Å². The molecule has 0 N–H and O–H groups in total. The number of hydrogen-bond acceptors (Lipinski definition) is 2. The standard InChI is InChI=1S/C24H22BrNO2P/c1-19(27)26-18-17-24(25,23(26)28)29(20-11-5-2-6-12-20,21-13-7-3-8-14-21)22-15-9-4-10-16-22/h2-16H,17-18H2,1H3/q+1. The van der Waals surface area contributed by atoms with Crippen molar-refractivity contribution in [3.63, 3.8) is 0 Å². The fourth-order valence-corrected chi connectivity index (χ4v) is 11.4. The highest BCUT2D eigenvalue weighted by molar-refractivity contribution is 9.12. The number of carbonyl (C=O) groups is 2. The Morgan fingerprint density at radius 3 is 1.52 bits per heavy atom. The van der Waals surface area contributed by atoms with E-state index in [2.05, 4.69) is 52.3 Å². The fraction of sp³-hybridized carbons (Fsp3) is 0.167. The van der Waals surface area contributed by atoms with Crippen LogP contribution in [-0.2, 0) is 9.59 Å². The van der Waals surface area contributed by atoms with E-state index in [9.17, 15) is 9.59 Å². The minimum Gasteiger partial charge on any atom is -0.278 e. The number of imide groups is 1. The SMILES string of the molecule is CC(=O)N1CCC(Br)([P+](c2ccccc2)(c2ccccc2)c2ccccc2)C1=O. The maximum absolute atomic E-state index is 13.7. The quantitative estimate of drug-likeness (QED) is 0.432. The van der Waals surface area contributed by atoms with Crippen LogP contribution in [0.2, 0.25) is 0 Å². The molecule has 4 rings (SSSR count). The smallest absolute Gasteiger partial charge is 0.278 e. The first-order chi connectivity index (χ1) is 14.0. The monoisotopic (exact) mass is 466 g/mol. The molecular weight excluding hydrogens is 445 g/mol. The average Bonchev–Trinajstić information content (AvgIpc) is 3.07. The summed E-state index contributed by atoms with van der Waals surface area (Å²) in [6, 6.07) is 30.8. The largest absolute Gasteiger partial charge is 0.285 e. The lowest BCUT2D eigenvalue weighted by Crippen LogP contribution is -2.49. The molecule has 0 aliphatic carbocycles. The van der Waals surface area contributed by atoms with E-state index in [1.807, 2.05) is 54.6 Å². The minimum absolute atomic E-state index is 0.144. The number of likely N-dealkylation sites (tertiary alicyclic amines) is 1. The van der Waals surface area contributed by atoms with Crippen LogP contribution >= 0.6 is 23.2 Å². The topological polar surface area (TPSA) is 37.4 Å². The van der Waals surface area contributed by atoms with Crippen LogP contribution in [0.15, 0.2) is 91.0 Å². The normalized spacial score (nSPS) is 19.4. The van der Waals surface area contributed by atoms with Gasteiger partial charge in [-0.15, -0.1) is 0 Å². The Balaban J connectivity index is 2.10. The van der Waals surface area contributed by atoms with Crippen molar-refractivity contribution in [2.75, 3.05) is 6.54 Å². The summed E-state index contributed by atoms with van der Waals surface area (Å²) in [4.78, 5) is 27.3. The van der Waals surface area contributed by atoms with Gasteiger partial charge in [-0.25, -0.2) is 0 Å². The zero-order chi connectivity index (χ0) is 20.5. The van der Waals surface area contributed by atoms with E-state index in [0.717, 1.165) is 15.9 Å². The Bertz CT molecular complexity index is 930. The highest BCUT2D eigenvalue weighted by Gasteiger charge is 2.69. The van der Waals surface area contributed by atoms with Gasteiger partial charge in [-0.3, -0.25) is 14.5 Å². The van der Waals surface area contributed by atoms with Crippen molar-refractivity contribution in [2.24, 2.45) is 0 Å². The molecule has 0 radical (unpaired) electrons. The number of rotatable bonds is 4. The Morgan fingerprint density at radius 2 is 1.21 bits per heavy atom. The van der Waals surface area contributed by atoms with Crippen LogP contribution in [0.1, 0.15) is 13.3 Å². The molecule has 1 aliphatic heterocycles. The van der Waals surface area contributed by atoms with Gasteiger partial charge in [-0.2, -0.15) is 0 Å². The molecule has 0 aromatic heterocycles. The lowest BCUT2D eigenvalue weighted by Gasteiger charge is -2.37. The molecule has 146 valence electrons. The number of carbonyl (C=O) groups excluding carboxylic acids is 2. The zero-order valence-corrected chi connectivity index (χ0v) is 18.6. The molecule has 1 aliphatic rings. The summed E-state index contributed by atoms with van der Waals surface area (Å²) in [7, 11) is -2.47. The molecule has 0 saturated carbocycles. The molecule has 1 saturated heterocycles. The van der Waals surface area contributed by atoms with Crippen LogP contribution in [0, 0.1) is 0 Å². The van der Waals surface area contributed by atoms with E-state index in [0.29, 0.717) is 13.0 Å². The number of alkyl halides is 1. The van der Waals surface area contributed by atoms with Crippen LogP contribution in [0.4, 0.5) is 0 Å². The Morgan fingerprint density at radius 1 is 0.828 bits per heavy atom. The summed E-state index contributed by atoms with van der Waals surface area (Å²) in [5.41, 5.74) is 0. The van der Waals surface area contributed by atoms with Gasteiger partial charge in [0, 0.05) is 19.9 Å². The molecule has 0 spiro atoms. The first kappa shape index (κ1) is 20.0. The van der Waals surface area contributed by atoms with Gasteiger partial charge in [-0.1, -0.05) is 54.6 Å². The highest BCUT2D eigenvalue weighted by atomic mass is 79.9. The number of amides is 2. The van der Waals surface area contributed by atoms with Crippen LogP contribution in [0.25, 0.3) is 0 Å². The number of hydrogen-bond donors (Lipinski definition) is 0. The first-order valence-electron chi connectivity index (χ1n) is 9.59. The van der Waals surface area contributed by atoms with Crippen molar-refractivity contribution >= 4 is 50.9 Å². The maximum Gasteiger partial charge on any atom is 0.285 e. The van der Waals surface area contributed by atoms with Crippen LogP contribution in [-0.4, -0.2) is 27.3 Å². The minimum atomic E-state index is -2.47. The van der Waals surface area contributed by atoms with E-state index in [4.69, 9.17) is 0 Å². The maximum atomic E-state index is 13.7. The van der Waals surface area contributed by atoms with Crippen molar-refractivity contribution in [2.45, 2.75) is 17.4 Å². The van der Waals surface area contributed by atoms with E-state index < -0.39 is 11.3 Å². The van der Waals surface area contributed by atoms with Gasteiger partial charge in [0.05, 0.1) is 0 Å². The van der Waals surface area contributed by atoms with Crippen molar-refractivity contribution in [1.82, 2.24) is 4.90 Å². The summed E-state index contributed by atoms with van der Waals surface area (Å²) >= 11 is 3.96. The predicted octanol–water partition coefficient (Wildman–Crippen LogP) is 3.85. The second-order valence-corrected chi connectivity index (χ2v) is 12.8. The summed E-state index contributed by atoms with van der Waals surface area (Å²) < 4.78 is -0.879. The lowest BCUT2D eigenvalue weighted by atomic mass is 10.3. The summed E-state index contributed by atoms with van der Waals surface area (Å²) in [6.45, 7) is 1.89. The van der Waals surface area contributed by atoms with Crippen LogP contribution in [0.5, 0.6) is 0 Å². The fourth-order valence-electron chi connectivity index (χ4n) is 4.30. The Kier molecular flexibility index (Phi) is 5.42. The second kappa shape index (κ2) is 7.85. The number of halogens is 1. The second-order valence-electron chi connectivity index (χ2n) is 7.16. The van der Waals surface area contributed by atoms with E-state index >= 15 is 0 Å². The molecule has 1 atom stereocenters. The Labute approximate surface area is 180 Å². The van der Waals surface area contributed by atoms with Crippen molar-refractivity contribution in [3.8, 4) is 0 Å². The number of benzene rings is 3. The summed E-state index contributed by atoms with van der Waals surface area (Å²) in [5.74, 6) is -0.349. The average molecular weight is 467 g/mol. The molecule has 2 amide bonds. The molecule has 29 heavy (non-hydrogen) atoms. The molecule has 1 heterocycles. The predicted molar refractivity (Wildman–Crippen MR) is 124 cm³/mol. The molecule has 3 aromatic rings. The first-order valence-corrected chi connectivity index (χ1v) is 12.2. The van der Waals surface area contributed by atoms with Gasteiger partial charge in [0.15, 0.2) is 0 Å². The molecule has 3 aromatic carbocycles. The van der Waals surface area contributed by atoms with Gasteiger partial charge < -0.3 is 0 Å². The van der Waals surface area contributed by atoms with Gasteiger partial charge in [-0.05, 0) is 52.3 Å². The Hall–Kier alpha value is -2.29. The van der Waals surface area contributed by atoms with E-state index in [-0.39, 0.29) is 11.8 Å². The van der Waals surface area contributed by atoms with Gasteiger partial charge in [0.25, 0.3) is 5.91 Å². The summed E-state index contributed by atoms with van der Waals surface area (Å²) in [5, 5.41) is 3.36. The molecule has 1 fully saturated rings. The van der Waals surface area contributed by atoms with Gasteiger partial charge >= 0.3 is 0 Å². The molecule has 3 nitrogen and oxygen atoms in total. The third-order valence-electron chi connectivity index (χ3n) is 5.58. The summed E-state index contributed by atoms with van der Waals surface area (Å²) in [6.07, 6.45) is 0.567. The third kappa shape index (κ3) is 3.06. The van der Waals surface area contributed by atoms with Crippen molar-refractivity contribution in [1.29, 1.82) is 0 Å². The van der Waals surface area contributed by atoms with Crippen LogP contribution in [0.3, 0.4) is 0 Å². The van der Waals surface area contributed by atoms with E-state index in [1.165, 1.54) is 11.8 Å². The van der Waals surface area contributed by atoms with Gasteiger partial charge in [0.1, 0.15) is 23.2 Å². The van der Waals surface area contributed by atoms with E-state index in [1.54, 1.807) is 0 Å². The van der Waals surface area contributed by atoms with Crippen molar-refractivity contribution < 1.29 is 9.59 Å². The number of nitrogens with zero attached hydrogens (tertiary/aromatic N) is 1. The molecular formula is C24H22BrNO2P+. The highest BCUT2D eigenvalue weighted by Crippen LogP contribution is 2.71.